The van der Waals surface area contributed by atoms with Gasteiger partial charge >= 0.3 is 0 Å². The zero-order valence-electron chi connectivity index (χ0n) is 28.4. The summed E-state index contributed by atoms with van der Waals surface area (Å²) in [7, 11) is 0. The number of hydrogen-bond acceptors (Lipinski definition) is 3. The first-order chi connectivity index (χ1) is 26.3. The second-order valence-electron chi connectivity index (χ2n) is 13.8. The van der Waals surface area contributed by atoms with Gasteiger partial charge in [0, 0.05) is 32.5 Å². The summed E-state index contributed by atoms with van der Waals surface area (Å²) in [5.41, 5.74) is 12.5. The van der Waals surface area contributed by atoms with Crippen molar-refractivity contribution in [3.8, 4) is 34.0 Å². The highest BCUT2D eigenvalue weighted by atomic mass is 16.3. The van der Waals surface area contributed by atoms with Gasteiger partial charge in [-0.05, 0) is 70.4 Å². The smallest absolute Gasteiger partial charge is 0.235 e. The molecule has 0 saturated carbocycles. The van der Waals surface area contributed by atoms with E-state index >= 15 is 0 Å². The normalized spacial score (nSPS) is 12.2. The quantitative estimate of drug-likeness (QED) is 0.138. The Balaban J connectivity index is 1.13. The highest BCUT2D eigenvalue weighted by Gasteiger charge is 2.22. The van der Waals surface area contributed by atoms with E-state index in [9.17, 15) is 0 Å². The number of para-hydroxylation sites is 5. The molecular weight excluding hydrogens is 649 g/mol. The minimum absolute atomic E-state index is 0.659. The van der Waals surface area contributed by atoms with Crippen molar-refractivity contribution >= 4 is 76.5 Å². The molecule has 8 aromatic carbocycles. The van der Waals surface area contributed by atoms with Crippen molar-refractivity contribution in [2.45, 2.75) is 0 Å². The number of pyridine rings is 1. The van der Waals surface area contributed by atoms with E-state index in [4.69, 9.17) is 14.4 Å². The number of benzene rings is 8. The second kappa shape index (κ2) is 10.6. The Labute approximate surface area is 302 Å². The van der Waals surface area contributed by atoms with E-state index in [1.807, 2.05) is 24.3 Å². The Kier molecular flexibility index (Phi) is 5.71. The van der Waals surface area contributed by atoms with Gasteiger partial charge in [0.05, 0.1) is 39.0 Å². The Morgan fingerprint density at radius 1 is 0.396 bits per heavy atom. The van der Waals surface area contributed by atoms with Crippen molar-refractivity contribution in [1.29, 1.82) is 0 Å². The molecule has 10 aromatic rings. The van der Waals surface area contributed by atoms with E-state index in [-0.39, 0.29) is 0 Å². The van der Waals surface area contributed by atoms with Crippen LogP contribution in [0.1, 0.15) is 0 Å². The van der Waals surface area contributed by atoms with Gasteiger partial charge in [0.1, 0.15) is 0 Å². The van der Waals surface area contributed by atoms with Crippen molar-refractivity contribution in [3.63, 3.8) is 0 Å². The highest BCUT2D eigenvalue weighted by Crippen LogP contribution is 2.44. The summed E-state index contributed by atoms with van der Waals surface area (Å²) < 4.78 is 11.0. The molecule has 0 atom stereocenters. The number of aromatic nitrogens is 4. The Hall–Kier alpha value is -7.24. The molecule has 5 nitrogen and oxygen atoms in total. The predicted octanol–water partition coefficient (Wildman–Crippen LogP) is 12.5. The Morgan fingerprint density at radius 2 is 1.08 bits per heavy atom. The summed E-state index contributed by atoms with van der Waals surface area (Å²) in [6.07, 6.45) is 0. The predicted molar refractivity (Wildman–Crippen MR) is 218 cm³/mol. The Bertz CT molecular complexity index is 3400. The fourth-order valence-electron chi connectivity index (χ4n) is 8.66. The van der Waals surface area contributed by atoms with Crippen LogP contribution in [0, 0.1) is 0 Å². The number of nitrogens with zero attached hydrogens (tertiary/aromatic N) is 4. The van der Waals surface area contributed by atoms with E-state index in [0.717, 1.165) is 77.4 Å². The third kappa shape index (κ3) is 3.96. The molecule has 0 N–H and O–H groups in total. The van der Waals surface area contributed by atoms with Gasteiger partial charge in [-0.25, -0.2) is 9.97 Å². The first-order valence-corrected chi connectivity index (χ1v) is 17.9. The fourth-order valence-corrected chi connectivity index (χ4v) is 8.66. The van der Waals surface area contributed by atoms with Crippen LogP contribution in [-0.4, -0.2) is 19.1 Å². The third-order valence-corrected chi connectivity index (χ3v) is 10.9. The SMILES string of the molecule is c1ccc(-c2nc(-n3c4ccccc4c4cc(-c5ccc6c7c5cccc7c5cccc7oc8ccccc8n6-c75)ccc43)nc3ccccc23)cc1. The lowest BCUT2D eigenvalue weighted by molar-refractivity contribution is 0.648. The first kappa shape index (κ1) is 28.5. The van der Waals surface area contributed by atoms with Crippen molar-refractivity contribution in [2.75, 3.05) is 0 Å². The van der Waals surface area contributed by atoms with Crippen LogP contribution in [0.4, 0.5) is 0 Å². The van der Waals surface area contributed by atoms with Crippen molar-refractivity contribution in [1.82, 2.24) is 19.1 Å². The topological polar surface area (TPSA) is 48.8 Å². The van der Waals surface area contributed by atoms with Gasteiger partial charge < -0.3 is 8.98 Å². The lowest BCUT2D eigenvalue weighted by atomic mass is 9.92. The molecule has 0 bridgehead atoms. The molecule has 2 aliphatic rings. The van der Waals surface area contributed by atoms with Crippen LogP contribution in [0.5, 0.6) is 0 Å². The molecular formula is C48H28N4O. The molecule has 0 saturated heterocycles. The standard InChI is InChI=1S/C48H28N4O/c1-2-12-29(13-3-1)46-36-15-4-6-19-38(36)49-48(50-46)52-39-20-7-5-14-32(39)37-28-30(24-26-40(37)52)31-25-27-42-45-33(31)16-10-17-34(45)35-18-11-23-44-47(35)51(42)41-21-8-9-22-43(41)53-44/h1-28H. The maximum atomic E-state index is 6.44. The van der Waals surface area contributed by atoms with Crippen LogP contribution < -0.4 is 0 Å². The zero-order valence-corrected chi connectivity index (χ0v) is 28.4. The molecule has 0 spiro atoms. The van der Waals surface area contributed by atoms with Gasteiger partial charge in [0.25, 0.3) is 0 Å². The van der Waals surface area contributed by atoms with Gasteiger partial charge in [-0.15, -0.1) is 0 Å². The average molecular weight is 677 g/mol. The minimum Gasteiger partial charge on any atom is -0.453 e. The fraction of sp³-hybridized carbons (Fsp3) is 0. The van der Waals surface area contributed by atoms with Gasteiger partial charge in [0.2, 0.25) is 5.95 Å². The molecule has 246 valence electrons. The van der Waals surface area contributed by atoms with Crippen molar-refractivity contribution in [2.24, 2.45) is 0 Å². The summed E-state index contributed by atoms with van der Waals surface area (Å²) in [6, 6.07) is 60.0. The molecule has 4 heterocycles. The molecule has 0 aliphatic carbocycles. The molecule has 0 amide bonds. The van der Waals surface area contributed by atoms with E-state index in [0.29, 0.717) is 5.95 Å². The number of fused-ring (bicyclic) bond motifs is 8. The highest BCUT2D eigenvalue weighted by molar-refractivity contribution is 6.23. The molecule has 2 aliphatic heterocycles. The van der Waals surface area contributed by atoms with Crippen LogP contribution in [0.3, 0.4) is 0 Å². The summed E-state index contributed by atoms with van der Waals surface area (Å²) in [5.74, 6) is 0.659. The lowest BCUT2D eigenvalue weighted by Crippen LogP contribution is -2.05. The average Bonchev–Trinajstić information content (AvgIpc) is 3.55. The minimum atomic E-state index is 0.659. The van der Waals surface area contributed by atoms with Crippen LogP contribution in [0.2, 0.25) is 0 Å². The molecule has 5 heteroatoms. The third-order valence-electron chi connectivity index (χ3n) is 10.9. The molecule has 12 rings (SSSR count). The van der Waals surface area contributed by atoms with Gasteiger partial charge in [-0.1, -0.05) is 121 Å². The zero-order chi connectivity index (χ0) is 34.6. The lowest BCUT2D eigenvalue weighted by Gasteiger charge is -2.23. The van der Waals surface area contributed by atoms with Crippen LogP contribution >= 0.6 is 0 Å². The molecule has 0 radical (unpaired) electrons. The maximum absolute atomic E-state index is 6.44. The summed E-state index contributed by atoms with van der Waals surface area (Å²) in [4.78, 5) is 10.4. The van der Waals surface area contributed by atoms with Crippen LogP contribution in [-0.2, 0) is 0 Å². The summed E-state index contributed by atoms with van der Waals surface area (Å²) >= 11 is 0. The van der Waals surface area contributed by atoms with Crippen molar-refractivity contribution in [3.05, 3.63) is 170 Å². The summed E-state index contributed by atoms with van der Waals surface area (Å²) in [5, 5.41) is 8.21. The van der Waals surface area contributed by atoms with E-state index in [1.54, 1.807) is 0 Å². The first-order valence-electron chi connectivity index (χ1n) is 17.9. The number of rotatable bonds is 3. The molecule has 0 unspecified atom stereocenters. The monoisotopic (exact) mass is 676 g/mol. The van der Waals surface area contributed by atoms with E-state index < -0.39 is 0 Å². The summed E-state index contributed by atoms with van der Waals surface area (Å²) in [6.45, 7) is 0. The van der Waals surface area contributed by atoms with Crippen LogP contribution in [0.15, 0.2) is 174 Å². The molecule has 2 aromatic heterocycles. The van der Waals surface area contributed by atoms with Gasteiger partial charge in [0.15, 0.2) is 11.2 Å². The maximum Gasteiger partial charge on any atom is 0.235 e. The number of hydrogen-bond donors (Lipinski definition) is 0. The largest absolute Gasteiger partial charge is 0.453 e. The van der Waals surface area contributed by atoms with Crippen LogP contribution in [0.25, 0.3) is 110 Å². The Morgan fingerprint density at radius 3 is 2.00 bits per heavy atom. The van der Waals surface area contributed by atoms with E-state index in [1.165, 1.54) is 27.1 Å². The second-order valence-corrected chi connectivity index (χ2v) is 13.8. The molecule has 0 fully saturated rings. The molecule has 53 heavy (non-hydrogen) atoms. The van der Waals surface area contributed by atoms with Crippen molar-refractivity contribution < 1.29 is 4.42 Å². The van der Waals surface area contributed by atoms with Gasteiger partial charge in [-0.2, -0.15) is 0 Å². The van der Waals surface area contributed by atoms with E-state index in [2.05, 4.69) is 155 Å². The van der Waals surface area contributed by atoms with Gasteiger partial charge in [-0.3, -0.25) is 4.57 Å².